The van der Waals surface area contributed by atoms with Crippen LogP contribution in [0.5, 0.6) is 0 Å². The molecule has 5 heteroatoms. The van der Waals surface area contributed by atoms with Crippen LogP contribution in [-0.4, -0.2) is 33.5 Å². The lowest BCUT2D eigenvalue weighted by atomic mass is 10.1. The number of nitrogens with zero attached hydrogens (tertiary/aromatic N) is 1. The van der Waals surface area contributed by atoms with Crippen molar-refractivity contribution in [2.45, 2.75) is 13.0 Å². The molecule has 0 amide bonds. The van der Waals surface area contributed by atoms with Gasteiger partial charge in [0.1, 0.15) is 5.82 Å². The van der Waals surface area contributed by atoms with E-state index in [1.807, 2.05) is 6.07 Å². The van der Waals surface area contributed by atoms with Gasteiger partial charge in [-0.1, -0.05) is 0 Å². The maximum absolute atomic E-state index is 13.4. The molecule has 0 aliphatic rings. The van der Waals surface area contributed by atoms with Crippen molar-refractivity contribution in [2.24, 2.45) is 0 Å². The average Bonchev–Trinajstić information content (AvgIpc) is 2.43. The maximum Gasteiger partial charge on any atom is 0.128 e. The second kappa shape index (κ2) is 9.45. The van der Waals surface area contributed by atoms with Crippen LogP contribution in [0.3, 0.4) is 0 Å². The first kappa shape index (κ1) is 15.6. The lowest BCUT2D eigenvalue weighted by Crippen LogP contribution is -2.06. The van der Waals surface area contributed by atoms with Gasteiger partial charge in [-0.2, -0.15) is 5.26 Å². The maximum atomic E-state index is 13.4. The molecule has 0 unspecified atom stereocenters. The zero-order valence-electron chi connectivity index (χ0n) is 11.0. The summed E-state index contributed by atoms with van der Waals surface area (Å²) < 4.78 is 28.8. The zero-order valence-corrected chi connectivity index (χ0v) is 11.0. The summed E-state index contributed by atoms with van der Waals surface area (Å²) in [4.78, 5) is 0. The van der Waals surface area contributed by atoms with Gasteiger partial charge in [-0.05, 0) is 24.6 Å². The Labute approximate surface area is 112 Å². The molecule has 0 heterocycles. The first-order chi connectivity index (χ1) is 9.27. The van der Waals surface area contributed by atoms with Crippen LogP contribution in [0.1, 0.15) is 17.5 Å². The van der Waals surface area contributed by atoms with Crippen LogP contribution in [0.25, 0.3) is 0 Å². The summed E-state index contributed by atoms with van der Waals surface area (Å²) in [5, 5.41) is 8.73. The Kier molecular flexibility index (Phi) is 7.75. The second-order valence-electron chi connectivity index (χ2n) is 3.93. The summed E-state index contributed by atoms with van der Waals surface area (Å²) >= 11 is 0. The van der Waals surface area contributed by atoms with Crippen LogP contribution in [0, 0.1) is 17.1 Å². The van der Waals surface area contributed by atoms with E-state index in [0.717, 1.165) is 6.42 Å². The third kappa shape index (κ3) is 6.30. The molecule has 0 bridgehead atoms. The summed E-state index contributed by atoms with van der Waals surface area (Å²) in [6.07, 6.45) is 0.739. The topological polar surface area (TPSA) is 51.5 Å². The number of nitriles is 1. The highest BCUT2D eigenvalue weighted by atomic mass is 19.1. The highest BCUT2D eigenvalue weighted by Crippen LogP contribution is 2.11. The Balaban J connectivity index is 2.17. The van der Waals surface area contributed by atoms with E-state index in [-0.39, 0.29) is 12.4 Å². The molecule has 1 rings (SSSR count). The Morgan fingerprint density at radius 1 is 1.16 bits per heavy atom. The van der Waals surface area contributed by atoms with E-state index >= 15 is 0 Å². The van der Waals surface area contributed by atoms with Gasteiger partial charge in [-0.15, -0.1) is 0 Å². The Morgan fingerprint density at radius 2 is 1.95 bits per heavy atom. The highest BCUT2D eigenvalue weighted by Gasteiger charge is 2.03. The van der Waals surface area contributed by atoms with Crippen LogP contribution in [-0.2, 0) is 20.8 Å². The van der Waals surface area contributed by atoms with Crippen molar-refractivity contribution >= 4 is 0 Å². The molecule has 0 aliphatic carbocycles. The smallest absolute Gasteiger partial charge is 0.128 e. The minimum Gasteiger partial charge on any atom is -0.382 e. The Hall–Kier alpha value is -1.48. The molecule has 19 heavy (non-hydrogen) atoms. The van der Waals surface area contributed by atoms with E-state index in [4.69, 9.17) is 19.5 Å². The van der Waals surface area contributed by atoms with Gasteiger partial charge >= 0.3 is 0 Å². The van der Waals surface area contributed by atoms with Crippen LogP contribution in [0.15, 0.2) is 18.2 Å². The first-order valence-electron chi connectivity index (χ1n) is 6.11. The molecule has 0 saturated carbocycles. The van der Waals surface area contributed by atoms with Crippen LogP contribution in [0.4, 0.5) is 4.39 Å². The van der Waals surface area contributed by atoms with Gasteiger partial charge in [-0.3, -0.25) is 0 Å². The van der Waals surface area contributed by atoms with Gasteiger partial charge < -0.3 is 14.2 Å². The molecule has 4 nitrogen and oxygen atoms in total. The average molecular weight is 267 g/mol. The van der Waals surface area contributed by atoms with Crippen molar-refractivity contribution in [3.05, 3.63) is 35.1 Å². The molecule has 0 aliphatic heterocycles. The summed E-state index contributed by atoms with van der Waals surface area (Å²) in [5.41, 5.74) is 0.835. The van der Waals surface area contributed by atoms with Gasteiger partial charge in [-0.25, -0.2) is 4.39 Å². The van der Waals surface area contributed by atoms with Crippen molar-refractivity contribution in [2.75, 3.05) is 33.5 Å². The quantitative estimate of drug-likeness (QED) is 0.644. The molecule has 0 spiro atoms. The summed E-state index contributed by atoms with van der Waals surface area (Å²) in [6, 6.07) is 6.20. The van der Waals surface area contributed by atoms with Crippen molar-refractivity contribution in [3.8, 4) is 6.07 Å². The van der Waals surface area contributed by atoms with Crippen LogP contribution in [0.2, 0.25) is 0 Å². The molecule has 104 valence electrons. The van der Waals surface area contributed by atoms with Gasteiger partial charge in [0.15, 0.2) is 0 Å². The predicted molar refractivity (Wildman–Crippen MR) is 68.1 cm³/mol. The van der Waals surface area contributed by atoms with Crippen molar-refractivity contribution < 1.29 is 18.6 Å². The third-order valence-electron chi connectivity index (χ3n) is 2.44. The Morgan fingerprint density at radius 3 is 2.68 bits per heavy atom. The normalized spacial score (nSPS) is 10.4. The number of benzene rings is 1. The largest absolute Gasteiger partial charge is 0.382 e. The van der Waals surface area contributed by atoms with E-state index in [2.05, 4.69) is 0 Å². The molecular weight excluding hydrogens is 249 g/mol. The predicted octanol–water partition coefficient (Wildman–Crippen LogP) is 2.27. The van der Waals surface area contributed by atoms with E-state index in [1.54, 1.807) is 7.11 Å². The summed E-state index contributed by atoms with van der Waals surface area (Å²) in [5.74, 6) is -0.352. The summed E-state index contributed by atoms with van der Waals surface area (Å²) in [7, 11) is 1.62. The van der Waals surface area contributed by atoms with Crippen LogP contribution >= 0.6 is 0 Å². The van der Waals surface area contributed by atoms with Gasteiger partial charge in [0.25, 0.3) is 0 Å². The molecule has 0 atom stereocenters. The SMILES string of the molecule is COCCOCCCOCc1cc(C#N)ccc1F. The summed E-state index contributed by atoms with van der Waals surface area (Å²) in [6.45, 7) is 2.38. The van der Waals surface area contributed by atoms with E-state index in [1.165, 1.54) is 18.2 Å². The monoisotopic (exact) mass is 267 g/mol. The van der Waals surface area contributed by atoms with Gasteiger partial charge in [0.05, 0.1) is 31.5 Å². The van der Waals surface area contributed by atoms with Crippen molar-refractivity contribution in [1.29, 1.82) is 5.26 Å². The molecular formula is C14H18FNO3. The van der Waals surface area contributed by atoms with Crippen molar-refractivity contribution in [1.82, 2.24) is 0 Å². The highest BCUT2D eigenvalue weighted by molar-refractivity contribution is 5.33. The van der Waals surface area contributed by atoms with Crippen LogP contribution < -0.4 is 0 Å². The fraction of sp³-hybridized carbons (Fsp3) is 0.500. The van der Waals surface area contributed by atoms with Gasteiger partial charge in [0, 0.05) is 25.9 Å². The third-order valence-corrected chi connectivity index (χ3v) is 2.44. The molecule has 0 N–H and O–H groups in total. The first-order valence-corrected chi connectivity index (χ1v) is 6.11. The Bertz CT molecular complexity index is 418. The molecule has 0 radical (unpaired) electrons. The van der Waals surface area contributed by atoms with E-state index in [9.17, 15) is 4.39 Å². The zero-order chi connectivity index (χ0) is 13.9. The minimum atomic E-state index is -0.352. The fourth-order valence-corrected chi connectivity index (χ4v) is 1.44. The molecule has 0 aromatic heterocycles. The van der Waals surface area contributed by atoms with Crippen molar-refractivity contribution in [3.63, 3.8) is 0 Å². The van der Waals surface area contributed by atoms with E-state index in [0.29, 0.717) is 37.6 Å². The number of ether oxygens (including phenoxy) is 3. The molecule has 1 aromatic carbocycles. The van der Waals surface area contributed by atoms with Gasteiger partial charge in [0.2, 0.25) is 0 Å². The number of halogens is 1. The number of methoxy groups -OCH3 is 1. The van der Waals surface area contributed by atoms with E-state index < -0.39 is 0 Å². The number of hydrogen-bond donors (Lipinski definition) is 0. The minimum absolute atomic E-state index is 0.166. The lowest BCUT2D eigenvalue weighted by Gasteiger charge is -2.06. The second-order valence-corrected chi connectivity index (χ2v) is 3.93. The fourth-order valence-electron chi connectivity index (χ4n) is 1.44. The lowest BCUT2D eigenvalue weighted by molar-refractivity contribution is 0.0479. The molecule has 0 fully saturated rings. The molecule has 0 saturated heterocycles. The number of rotatable bonds is 9. The standard InChI is InChI=1S/C14H18FNO3/c1-17-7-8-18-5-2-6-19-11-13-9-12(10-16)3-4-14(13)15/h3-4,9H,2,5-8,11H2,1H3. The number of hydrogen-bond acceptors (Lipinski definition) is 4. The molecule has 1 aromatic rings.